The number of nitrogens with one attached hydrogen (secondary N) is 2. The molecule has 1 aliphatic heterocycles. The third-order valence-corrected chi connectivity index (χ3v) is 5.92. The van der Waals surface area contributed by atoms with E-state index in [0.29, 0.717) is 12.6 Å². The number of hydrogen-bond donors (Lipinski definition) is 2. The molecule has 33 heavy (non-hydrogen) atoms. The summed E-state index contributed by atoms with van der Waals surface area (Å²) in [5, 5.41) is 22.3. The number of hydrogen-bond acceptors (Lipinski definition) is 5. The van der Waals surface area contributed by atoms with E-state index in [-0.39, 0.29) is 34.6 Å². The number of guanidine groups is 1. The third-order valence-electron chi connectivity index (χ3n) is 5.92. The molecule has 0 saturated carbocycles. The van der Waals surface area contributed by atoms with Crippen LogP contribution in [0.5, 0.6) is 0 Å². The Hall–Kier alpha value is -2.21. The van der Waals surface area contributed by atoms with E-state index in [0.717, 1.165) is 56.4 Å². The van der Waals surface area contributed by atoms with Crippen LogP contribution in [-0.4, -0.2) is 57.8 Å². The van der Waals surface area contributed by atoms with Crippen LogP contribution in [0.1, 0.15) is 43.1 Å². The number of likely N-dealkylation sites (N-methyl/N-ethyl adjacent to an activating group) is 1. The zero-order valence-electron chi connectivity index (χ0n) is 19.8. The number of rotatable bonds is 10. The smallest absolute Gasteiger partial charge is 0.269 e. The Bertz CT molecular complexity index is 914. The Balaban J connectivity index is 0.00000385. The number of nitro groups is 1. The molecule has 0 spiro atoms. The minimum Gasteiger partial charge on any atom is -0.356 e. The summed E-state index contributed by atoms with van der Waals surface area (Å²) in [5.41, 5.74) is 3.25. The van der Waals surface area contributed by atoms with Crippen LogP contribution in [0.3, 0.4) is 0 Å². The van der Waals surface area contributed by atoms with Crippen LogP contribution in [0.25, 0.3) is 0 Å². The normalized spacial score (nSPS) is 16.5. The second-order valence-corrected chi connectivity index (χ2v) is 8.32. The number of aromatic nitrogens is 2. The molecule has 2 aromatic rings. The summed E-state index contributed by atoms with van der Waals surface area (Å²) in [4.78, 5) is 17.7. The minimum absolute atomic E-state index is 0. The first-order valence-corrected chi connectivity index (χ1v) is 11.5. The van der Waals surface area contributed by atoms with E-state index < -0.39 is 0 Å². The lowest BCUT2D eigenvalue weighted by Gasteiger charge is -2.24. The molecule has 0 amide bonds. The van der Waals surface area contributed by atoms with Crippen molar-refractivity contribution in [3.63, 3.8) is 0 Å². The van der Waals surface area contributed by atoms with Gasteiger partial charge in [0.1, 0.15) is 0 Å². The van der Waals surface area contributed by atoms with Gasteiger partial charge < -0.3 is 10.6 Å². The lowest BCUT2D eigenvalue weighted by Crippen LogP contribution is -2.45. The van der Waals surface area contributed by atoms with Gasteiger partial charge in [0, 0.05) is 43.5 Å². The first-order valence-electron chi connectivity index (χ1n) is 11.5. The maximum atomic E-state index is 10.9. The summed E-state index contributed by atoms with van der Waals surface area (Å²) in [6.07, 6.45) is 3.38. The number of aliphatic imine (C=N–C) groups is 1. The van der Waals surface area contributed by atoms with Gasteiger partial charge in [0.05, 0.1) is 17.2 Å². The van der Waals surface area contributed by atoms with Crippen LogP contribution < -0.4 is 10.6 Å². The van der Waals surface area contributed by atoms with E-state index in [2.05, 4.69) is 40.5 Å². The summed E-state index contributed by atoms with van der Waals surface area (Å²) in [6.45, 7) is 11.5. The Morgan fingerprint density at radius 1 is 1.27 bits per heavy atom. The Morgan fingerprint density at radius 3 is 2.67 bits per heavy atom. The lowest BCUT2D eigenvalue weighted by molar-refractivity contribution is -0.384. The number of benzene rings is 1. The van der Waals surface area contributed by atoms with Crippen molar-refractivity contribution in [2.75, 3.05) is 26.2 Å². The maximum Gasteiger partial charge on any atom is 0.269 e. The molecule has 2 N–H and O–H groups in total. The van der Waals surface area contributed by atoms with Crippen molar-refractivity contribution in [2.45, 2.75) is 59.2 Å². The van der Waals surface area contributed by atoms with Crippen molar-refractivity contribution in [1.82, 2.24) is 25.3 Å². The molecule has 0 bridgehead atoms. The molecule has 9 nitrogen and oxygen atoms in total. The SMILES string of the molecule is CCN1CCCC1CNC(=NCc1ccc([N+](=O)[O-])cc1)NCCCn1nc(C)cc1C.I. The largest absolute Gasteiger partial charge is 0.356 e. The van der Waals surface area contributed by atoms with Crippen LogP contribution in [0.2, 0.25) is 0 Å². The van der Waals surface area contributed by atoms with Gasteiger partial charge in [0.15, 0.2) is 5.96 Å². The van der Waals surface area contributed by atoms with Crippen LogP contribution in [0, 0.1) is 24.0 Å². The van der Waals surface area contributed by atoms with Crippen LogP contribution in [0.4, 0.5) is 5.69 Å². The molecular weight excluding hydrogens is 533 g/mol. The van der Waals surface area contributed by atoms with Gasteiger partial charge in [-0.25, -0.2) is 4.99 Å². The average molecular weight is 569 g/mol. The fourth-order valence-corrected chi connectivity index (χ4v) is 4.16. The second-order valence-electron chi connectivity index (χ2n) is 8.32. The van der Waals surface area contributed by atoms with Crippen molar-refractivity contribution < 1.29 is 4.92 Å². The van der Waals surface area contributed by atoms with Gasteiger partial charge in [-0.2, -0.15) is 5.10 Å². The first-order chi connectivity index (χ1) is 15.5. The molecule has 3 rings (SSSR count). The topological polar surface area (TPSA) is 101 Å². The summed E-state index contributed by atoms with van der Waals surface area (Å²) >= 11 is 0. The van der Waals surface area contributed by atoms with Gasteiger partial charge in [-0.15, -0.1) is 24.0 Å². The molecule has 1 aromatic carbocycles. The van der Waals surface area contributed by atoms with Crippen LogP contribution in [-0.2, 0) is 13.1 Å². The van der Waals surface area contributed by atoms with Gasteiger partial charge >= 0.3 is 0 Å². The number of halogens is 1. The van der Waals surface area contributed by atoms with Gasteiger partial charge in [-0.05, 0) is 57.8 Å². The maximum absolute atomic E-state index is 10.9. The highest BCUT2D eigenvalue weighted by atomic mass is 127. The van der Waals surface area contributed by atoms with E-state index in [1.807, 2.05) is 11.6 Å². The number of nitrogens with zero attached hydrogens (tertiary/aromatic N) is 5. The van der Waals surface area contributed by atoms with E-state index in [1.165, 1.54) is 30.7 Å². The van der Waals surface area contributed by atoms with E-state index in [4.69, 9.17) is 4.99 Å². The van der Waals surface area contributed by atoms with E-state index in [9.17, 15) is 10.1 Å². The molecular formula is C23H36IN7O2. The molecule has 1 aromatic heterocycles. The number of non-ortho nitro benzene ring substituents is 1. The standard InChI is InChI=1S/C23H35N7O2.HI/c1-4-28-13-5-7-22(28)17-26-23(24-12-6-14-29-19(3)15-18(2)27-29)25-16-20-8-10-21(11-9-20)30(31)32;/h8-11,15,22H,4-7,12-14,16-17H2,1-3H3,(H2,24,25,26);1H. The second kappa shape index (κ2) is 13.5. The number of aryl methyl sites for hydroxylation is 3. The average Bonchev–Trinajstić information content (AvgIpc) is 3.37. The predicted molar refractivity (Wildman–Crippen MR) is 142 cm³/mol. The van der Waals surface area contributed by atoms with Crippen molar-refractivity contribution in [1.29, 1.82) is 0 Å². The zero-order valence-corrected chi connectivity index (χ0v) is 22.1. The van der Waals surface area contributed by atoms with Crippen LogP contribution >= 0.6 is 24.0 Å². The zero-order chi connectivity index (χ0) is 22.9. The molecule has 182 valence electrons. The van der Waals surface area contributed by atoms with Gasteiger partial charge in [-0.1, -0.05) is 19.1 Å². The fourth-order valence-electron chi connectivity index (χ4n) is 4.16. The van der Waals surface area contributed by atoms with Crippen molar-refractivity contribution in [2.24, 2.45) is 4.99 Å². The molecule has 0 aliphatic carbocycles. The first kappa shape index (κ1) is 27.0. The Labute approximate surface area is 213 Å². The third kappa shape index (κ3) is 8.26. The summed E-state index contributed by atoms with van der Waals surface area (Å²) in [7, 11) is 0. The van der Waals surface area contributed by atoms with Crippen molar-refractivity contribution in [3.8, 4) is 0 Å². The van der Waals surface area contributed by atoms with Gasteiger partial charge in [0.2, 0.25) is 0 Å². The summed E-state index contributed by atoms with van der Waals surface area (Å²) in [5.74, 6) is 0.777. The molecule has 10 heteroatoms. The Morgan fingerprint density at radius 2 is 2.03 bits per heavy atom. The van der Waals surface area contributed by atoms with Gasteiger partial charge in [-0.3, -0.25) is 19.7 Å². The van der Waals surface area contributed by atoms with Gasteiger partial charge in [0.25, 0.3) is 5.69 Å². The molecule has 1 aliphatic rings. The minimum atomic E-state index is -0.383. The highest BCUT2D eigenvalue weighted by Gasteiger charge is 2.22. The van der Waals surface area contributed by atoms with Crippen molar-refractivity contribution in [3.05, 3.63) is 57.4 Å². The quantitative estimate of drug-likeness (QED) is 0.113. The van der Waals surface area contributed by atoms with E-state index in [1.54, 1.807) is 12.1 Å². The van der Waals surface area contributed by atoms with Crippen LogP contribution in [0.15, 0.2) is 35.3 Å². The number of likely N-dealkylation sites (tertiary alicyclic amines) is 1. The molecule has 1 fully saturated rings. The fraction of sp³-hybridized carbons (Fsp3) is 0.565. The van der Waals surface area contributed by atoms with Crippen molar-refractivity contribution >= 4 is 35.6 Å². The predicted octanol–water partition coefficient (Wildman–Crippen LogP) is 3.64. The lowest BCUT2D eigenvalue weighted by atomic mass is 10.2. The molecule has 1 atom stereocenters. The Kier molecular flexibility index (Phi) is 11.0. The molecule has 2 heterocycles. The summed E-state index contributed by atoms with van der Waals surface area (Å²) < 4.78 is 2.04. The molecule has 1 unspecified atom stereocenters. The van der Waals surface area contributed by atoms with E-state index >= 15 is 0 Å². The molecule has 1 saturated heterocycles. The summed E-state index contributed by atoms with van der Waals surface area (Å²) in [6, 6.07) is 9.19. The highest BCUT2D eigenvalue weighted by molar-refractivity contribution is 14.0. The molecule has 0 radical (unpaired) electrons. The number of nitro benzene ring substituents is 1. The highest BCUT2D eigenvalue weighted by Crippen LogP contribution is 2.16. The monoisotopic (exact) mass is 569 g/mol.